The van der Waals surface area contributed by atoms with E-state index in [4.69, 9.17) is 5.73 Å². The molecule has 0 radical (unpaired) electrons. The molecule has 1 aromatic rings. The fourth-order valence-electron chi connectivity index (χ4n) is 4.26. The molecule has 5 nitrogen and oxygen atoms in total. The summed E-state index contributed by atoms with van der Waals surface area (Å²) in [4.78, 5) is 25.5. The number of hydrogen-bond acceptors (Lipinski definition) is 2. The number of carbonyl (C=O) groups is 2. The SMILES string of the molecule is NC(=O)CC1CCN(C(=O)N[C@@H]2CCC[C@H]2Cc2ccccc2)CC1. The Morgan fingerprint density at radius 2 is 1.80 bits per heavy atom. The van der Waals surface area contributed by atoms with Crippen LogP contribution in [-0.2, 0) is 11.2 Å². The molecule has 2 aliphatic rings. The molecule has 3 N–H and O–H groups in total. The minimum Gasteiger partial charge on any atom is -0.370 e. The maximum absolute atomic E-state index is 12.6. The number of carbonyl (C=O) groups excluding carboxylic acids is 2. The van der Waals surface area contributed by atoms with Gasteiger partial charge in [0.2, 0.25) is 5.91 Å². The van der Waals surface area contributed by atoms with Gasteiger partial charge in [0.1, 0.15) is 0 Å². The van der Waals surface area contributed by atoms with Crippen LogP contribution in [-0.4, -0.2) is 36.0 Å². The Morgan fingerprint density at radius 3 is 2.48 bits per heavy atom. The maximum atomic E-state index is 12.6. The molecular weight excluding hydrogens is 314 g/mol. The number of urea groups is 1. The molecule has 25 heavy (non-hydrogen) atoms. The average molecular weight is 343 g/mol. The first-order valence-corrected chi connectivity index (χ1v) is 9.49. The first-order chi connectivity index (χ1) is 12.1. The zero-order valence-electron chi connectivity index (χ0n) is 14.8. The molecule has 2 atom stereocenters. The van der Waals surface area contributed by atoms with Gasteiger partial charge < -0.3 is 16.0 Å². The van der Waals surface area contributed by atoms with Crippen molar-refractivity contribution >= 4 is 11.9 Å². The number of nitrogens with one attached hydrogen (secondary N) is 1. The third kappa shape index (κ3) is 4.97. The van der Waals surface area contributed by atoms with Gasteiger partial charge in [-0.3, -0.25) is 4.79 Å². The van der Waals surface area contributed by atoms with E-state index in [9.17, 15) is 9.59 Å². The number of piperidine rings is 1. The number of amides is 3. The summed E-state index contributed by atoms with van der Waals surface area (Å²) < 4.78 is 0. The molecule has 5 heteroatoms. The number of hydrogen-bond donors (Lipinski definition) is 2. The van der Waals surface area contributed by atoms with Crippen molar-refractivity contribution in [1.29, 1.82) is 0 Å². The molecule has 0 aromatic heterocycles. The van der Waals surface area contributed by atoms with Crippen molar-refractivity contribution in [3.63, 3.8) is 0 Å². The topological polar surface area (TPSA) is 75.4 Å². The molecule has 3 rings (SSSR count). The smallest absolute Gasteiger partial charge is 0.317 e. The number of primary amides is 1. The van der Waals surface area contributed by atoms with Crippen LogP contribution in [0.25, 0.3) is 0 Å². The first-order valence-electron chi connectivity index (χ1n) is 9.49. The zero-order chi connectivity index (χ0) is 17.6. The normalized spacial score (nSPS) is 24.2. The maximum Gasteiger partial charge on any atom is 0.317 e. The summed E-state index contributed by atoms with van der Waals surface area (Å²) in [5.41, 5.74) is 6.62. The van der Waals surface area contributed by atoms with Crippen molar-refractivity contribution in [3.8, 4) is 0 Å². The lowest BCUT2D eigenvalue weighted by Crippen LogP contribution is -2.49. The summed E-state index contributed by atoms with van der Waals surface area (Å²) in [5, 5.41) is 3.27. The van der Waals surface area contributed by atoms with Crippen molar-refractivity contribution in [1.82, 2.24) is 10.2 Å². The van der Waals surface area contributed by atoms with Crippen LogP contribution in [0.1, 0.15) is 44.1 Å². The molecule has 136 valence electrons. The monoisotopic (exact) mass is 343 g/mol. The Kier molecular flexibility index (Phi) is 5.95. The molecule has 1 heterocycles. The van der Waals surface area contributed by atoms with Gasteiger partial charge in [-0.25, -0.2) is 4.79 Å². The summed E-state index contributed by atoms with van der Waals surface area (Å²) in [7, 11) is 0. The van der Waals surface area contributed by atoms with E-state index in [0.29, 0.717) is 18.3 Å². The number of benzene rings is 1. The summed E-state index contributed by atoms with van der Waals surface area (Å²) in [6.45, 7) is 1.44. The summed E-state index contributed by atoms with van der Waals surface area (Å²) in [6, 6.07) is 10.9. The highest BCUT2D eigenvalue weighted by atomic mass is 16.2. The Hall–Kier alpha value is -2.04. The number of nitrogens with two attached hydrogens (primary N) is 1. The van der Waals surface area contributed by atoms with E-state index in [-0.39, 0.29) is 18.0 Å². The van der Waals surface area contributed by atoms with Gasteiger partial charge >= 0.3 is 6.03 Å². The van der Waals surface area contributed by atoms with Crippen LogP contribution >= 0.6 is 0 Å². The van der Waals surface area contributed by atoms with Gasteiger partial charge in [0, 0.05) is 25.6 Å². The summed E-state index contributed by atoms with van der Waals surface area (Å²) in [6.07, 6.45) is 6.65. The van der Waals surface area contributed by atoms with Gasteiger partial charge in [-0.05, 0) is 49.5 Å². The van der Waals surface area contributed by atoms with Gasteiger partial charge in [-0.2, -0.15) is 0 Å². The predicted octanol–water partition coefficient (Wildman–Crippen LogP) is 2.69. The molecule has 0 spiro atoms. The summed E-state index contributed by atoms with van der Waals surface area (Å²) >= 11 is 0. The Labute approximate surface area is 150 Å². The molecule has 1 aliphatic carbocycles. The molecule has 1 aliphatic heterocycles. The molecular formula is C20H29N3O2. The van der Waals surface area contributed by atoms with Crippen LogP contribution in [0, 0.1) is 11.8 Å². The quantitative estimate of drug-likeness (QED) is 0.862. The third-order valence-corrected chi connectivity index (χ3v) is 5.70. The molecule has 0 unspecified atom stereocenters. The Morgan fingerprint density at radius 1 is 1.08 bits per heavy atom. The Balaban J connectivity index is 1.48. The van der Waals surface area contributed by atoms with E-state index in [1.54, 1.807) is 0 Å². The van der Waals surface area contributed by atoms with Crippen LogP contribution in [0.15, 0.2) is 30.3 Å². The molecule has 3 amide bonds. The Bertz CT molecular complexity index is 582. The largest absolute Gasteiger partial charge is 0.370 e. The van der Waals surface area contributed by atoms with E-state index >= 15 is 0 Å². The first kappa shape index (κ1) is 17.8. The van der Waals surface area contributed by atoms with E-state index < -0.39 is 0 Å². The van der Waals surface area contributed by atoms with Crippen LogP contribution in [0.4, 0.5) is 4.79 Å². The third-order valence-electron chi connectivity index (χ3n) is 5.70. The highest BCUT2D eigenvalue weighted by Crippen LogP contribution is 2.29. The van der Waals surface area contributed by atoms with Crippen molar-refractivity contribution in [2.45, 2.75) is 51.0 Å². The fraction of sp³-hybridized carbons (Fsp3) is 0.600. The average Bonchev–Trinajstić information content (AvgIpc) is 3.02. The van der Waals surface area contributed by atoms with E-state index in [1.807, 2.05) is 11.0 Å². The second-order valence-corrected chi connectivity index (χ2v) is 7.54. The van der Waals surface area contributed by atoms with Gasteiger partial charge in [-0.1, -0.05) is 36.8 Å². The van der Waals surface area contributed by atoms with Crippen molar-refractivity contribution in [3.05, 3.63) is 35.9 Å². The van der Waals surface area contributed by atoms with E-state index in [0.717, 1.165) is 38.8 Å². The predicted molar refractivity (Wildman–Crippen MR) is 97.9 cm³/mol. The van der Waals surface area contributed by atoms with Crippen LogP contribution in [0.2, 0.25) is 0 Å². The zero-order valence-corrected chi connectivity index (χ0v) is 14.8. The molecule has 1 saturated heterocycles. The fourth-order valence-corrected chi connectivity index (χ4v) is 4.26. The van der Waals surface area contributed by atoms with E-state index in [1.165, 1.54) is 18.4 Å². The van der Waals surface area contributed by atoms with E-state index in [2.05, 4.69) is 29.6 Å². The minimum absolute atomic E-state index is 0.0579. The second-order valence-electron chi connectivity index (χ2n) is 7.54. The molecule has 1 saturated carbocycles. The standard InChI is InChI=1S/C20H29N3O2/c21-19(24)14-16-9-11-23(12-10-16)20(25)22-18-8-4-7-17(18)13-15-5-2-1-3-6-15/h1-3,5-6,16-18H,4,7-14H2,(H2,21,24)(H,22,25)/t17-,18+/m0/s1. The lowest BCUT2D eigenvalue weighted by molar-refractivity contribution is -0.119. The van der Waals surface area contributed by atoms with Crippen molar-refractivity contribution in [2.24, 2.45) is 17.6 Å². The van der Waals surface area contributed by atoms with Gasteiger partial charge in [-0.15, -0.1) is 0 Å². The van der Waals surface area contributed by atoms with Crippen LogP contribution < -0.4 is 11.1 Å². The lowest BCUT2D eigenvalue weighted by atomic mass is 9.93. The molecule has 1 aromatic carbocycles. The molecule has 0 bridgehead atoms. The summed E-state index contributed by atoms with van der Waals surface area (Å²) in [5.74, 6) is 0.621. The van der Waals surface area contributed by atoms with Crippen LogP contribution in [0.5, 0.6) is 0 Å². The van der Waals surface area contributed by atoms with Gasteiger partial charge in [0.15, 0.2) is 0 Å². The van der Waals surface area contributed by atoms with Crippen molar-refractivity contribution < 1.29 is 9.59 Å². The van der Waals surface area contributed by atoms with Gasteiger partial charge in [0.25, 0.3) is 0 Å². The number of nitrogens with zero attached hydrogens (tertiary/aromatic N) is 1. The van der Waals surface area contributed by atoms with Crippen molar-refractivity contribution in [2.75, 3.05) is 13.1 Å². The highest BCUT2D eigenvalue weighted by molar-refractivity contribution is 5.75. The number of rotatable bonds is 5. The second kappa shape index (κ2) is 8.37. The highest BCUT2D eigenvalue weighted by Gasteiger charge is 2.31. The number of likely N-dealkylation sites (tertiary alicyclic amines) is 1. The minimum atomic E-state index is -0.238. The van der Waals surface area contributed by atoms with Crippen LogP contribution in [0.3, 0.4) is 0 Å². The van der Waals surface area contributed by atoms with Gasteiger partial charge in [0.05, 0.1) is 0 Å². The molecule has 2 fully saturated rings. The lowest BCUT2D eigenvalue weighted by Gasteiger charge is -2.33.